The van der Waals surface area contributed by atoms with Crippen LogP contribution in [-0.2, 0) is 14.3 Å². The minimum absolute atomic E-state index is 0.198. The highest BCUT2D eigenvalue weighted by Crippen LogP contribution is 2.22. The summed E-state index contributed by atoms with van der Waals surface area (Å²) in [6, 6.07) is -0.832. The van der Waals surface area contributed by atoms with Crippen LogP contribution >= 0.6 is 0 Å². The summed E-state index contributed by atoms with van der Waals surface area (Å²) in [6.07, 6.45) is 50.6. The summed E-state index contributed by atoms with van der Waals surface area (Å²) >= 11 is 0. The van der Waals surface area contributed by atoms with Crippen molar-refractivity contribution in [2.24, 2.45) is 0 Å². The van der Waals surface area contributed by atoms with Gasteiger partial charge in [-0.2, -0.15) is 0 Å². The van der Waals surface area contributed by atoms with Gasteiger partial charge in [-0.15, -0.1) is 0 Å². The van der Waals surface area contributed by atoms with Crippen molar-refractivity contribution in [3.8, 4) is 0 Å². The summed E-state index contributed by atoms with van der Waals surface area (Å²) in [5.41, 5.74) is 0. The number of hydrogen-bond donors (Lipinski definition) is 6. The lowest BCUT2D eigenvalue weighted by Crippen LogP contribution is -2.60. The van der Waals surface area contributed by atoms with Gasteiger partial charge in [0.05, 0.1) is 25.4 Å². The number of allylic oxidation sites excluding steroid dienone is 13. The van der Waals surface area contributed by atoms with Crippen LogP contribution in [0.5, 0.6) is 0 Å². The molecule has 0 spiro atoms. The van der Waals surface area contributed by atoms with Gasteiger partial charge in [0, 0.05) is 6.42 Å². The average Bonchev–Trinajstić information content (AvgIpc) is 3.26. The van der Waals surface area contributed by atoms with E-state index in [1.165, 1.54) is 83.5 Å². The molecule has 6 N–H and O–H groups in total. The van der Waals surface area contributed by atoms with E-state index in [0.29, 0.717) is 6.42 Å². The van der Waals surface area contributed by atoms with E-state index >= 15 is 0 Å². The number of nitrogens with one attached hydrogen (secondary N) is 1. The molecular weight excluding hydrogens is 767 g/mol. The van der Waals surface area contributed by atoms with Crippen LogP contribution in [0.4, 0.5) is 0 Å². The van der Waals surface area contributed by atoms with Crippen LogP contribution in [0.1, 0.15) is 181 Å². The third-order valence-electron chi connectivity index (χ3n) is 10.9. The van der Waals surface area contributed by atoms with Crippen LogP contribution in [0.15, 0.2) is 85.1 Å². The number of aliphatic hydroxyl groups excluding tert-OH is 5. The van der Waals surface area contributed by atoms with Crippen molar-refractivity contribution in [1.29, 1.82) is 0 Å². The Balaban J connectivity index is 2.29. The molecule has 7 atom stereocenters. The third-order valence-corrected chi connectivity index (χ3v) is 10.9. The Morgan fingerprint density at radius 1 is 0.574 bits per heavy atom. The van der Waals surface area contributed by atoms with E-state index < -0.39 is 49.5 Å². The van der Waals surface area contributed by atoms with Crippen molar-refractivity contribution in [1.82, 2.24) is 5.32 Å². The zero-order valence-electron chi connectivity index (χ0n) is 38.4. The third kappa shape index (κ3) is 31.8. The van der Waals surface area contributed by atoms with Gasteiger partial charge in [-0.3, -0.25) is 4.79 Å². The standard InChI is InChI=1S/C52H89NO8/c1-3-5-7-9-11-13-15-17-18-19-20-21-22-23-24-25-26-27-28-30-32-34-36-38-40-42-48(56)53-45(44-60-52-51(59)50(58)49(57)47(43-54)61-52)46(55)41-39-37-35-33-31-29-16-14-12-10-8-6-4-2/h5,7,11-14,17-18,20-21,31,33,39,41,45-47,49-52,54-55,57-59H,3-4,6,8-10,15-16,19,22-30,32,34-38,40,42-44H2,1-2H3,(H,53,56)/b7-5-,13-11-,14-12+,18-17-,21-20-,33-31+,41-39+. The number of hydrogen-bond acceptors (Lipinski definition) is 8. The van der Waals surface area contributed by atoms with Gasteiger partial charge in [0.25, 0.3) is 0 Å². The summed E-state index contributed by atoms with van der Waals surface area (Å²) in [5.74, 6) is -0.198. The Hall–Kier alpha value is -2.63. The van der Waals surface area contributed by atoms with Crippen LogP contribution in [0.2, 0.25) is 0 Å². The molecule has 0 aromatic rings. The van der Waals surface area contributed by atoms with Crippen LogP contribution in [0.25, 0.3) is 0 Å². The molecule has 1 saturated heterocycles. The normalized spacial score (nSPS) is 21.2. The molecule has 7 unspecified atom stereocenters. The SMILES string of the molecule is CC/C=C\C/C=C\C/C=C\C/C=C\CCCCCCCCCCCCCCC(=O)NC(COC1OC(CO)C(O)C(O)C1O)C(O)/C=C/CC/C=C/CC/C=C/CCCCC. The lowest BCUT2D eigenvalue weighted by atomic mass is 9.99. The van der Waals surface area contributed by atoms with E-state index in [4.69, 9.17) is 9.47 Å². The smallest absolute Gasteiger partial charge is 0.220 e. The van der Waals surface area contributed by atoms with Crippen molar-refractivity contribution < 1.29 is 39.8 Å². The monoisotopic (exact) mass is 856 g/mol. The first-order valence-corrected chi connectivity index (χ1v) is 24.3. The molecule has 1 aliphatic heterocycles. The summed E-state index contributed by atoms with van der Waals surface area (Å²) in [7, 11) is 0. The predicted molar refractivity (Wildman–Crippen MR) is 253 cm³/mol. The van der Waals surface area contributed by atoms with Crippen LogP contribution in [0.3, 0.4) is 0 Å². The van der Waals surface area contributed by atoms with E-state index in [0.717, 1.165) is 77.0 Å². The lowest BCUT2D eigenvalue weighted by molar-refractivity contribution is -0.302. The average molecular weight is 856 g/mol. The molecule has 61 heavy (non-hydrogen) atoms. The summed E-state index contributed by atoms with van der Waals surface area (Å²) in [4.78, 5) is 13.0. The second-order valence-corrected chi connectivity index (χ2v) is 16.5. The number of rotatable bonds is 39. The van der Waals surface area contributed by atoms with Crippen molar-refractivity contribution in [2.45, 2.75) is 224 Å². The second kappa shape index (κ2) is 41.4. The minimum atomic E-state index is -1.58. The van der Waals surface area contributed by atoms with Gasteiger partial charge in [-0.05, 0) is 83.5 Å². The van der Waals surface area contributed by atoms with E-state index in [2.05, 4.69) is 92.1 Å². The molecule has 0 saturated carbocycles. The number of carbonyl (C=O) groups is 1. The number of aliphatic hydroxyl groups is 5. The lowest BCUT2D eigenvalue weighted by Gasteiger charge is -2.40. The molecule has 0 aromatic carbocycles. The van der Waals surface area contributed by atoms with Gasteiger partial charge in [0.15, 0.2) is 6.29 Å². The van der Waals surface area contributed by atoms with E-state index in [-0.39, 0.29) is 12.5 Å². The quantitative estimate of drug-likeness (QED) is 0.0264. The highest BCUT2D eigenvalue weighted by molar-refractivity contribution is 5.76. The summed E-state index contributed by atoms with van der Waals surface area (Å²) in [6.45, 7) is 3.59. The molecule has 1 rings (SSSR count). The zero-order chi connectivity index (χ0) is 44.4. The molecule has 0 radical (unpaired) electrons. The van der Waals surface area contributed by atoms with E-state index in [9.17, 15) is 30.3 Å². The number of amides is 1. The molecule has 0 bridgehead atoms. The molecular formula is C52H89NO8. The van der Waals surface area contributed by atoms with Crippen molar-refractivity contribution in [3.05, 3.63) is 85.1 Å². The van der Waals surface area contributed by atoms with Gasteiger partial charge >= 0.3 is 0 Å². The van der Waals surface area contributed by atoms with Gasteiger partial charge in [-0.1, -0.05) is 176 Å². The van der Waals surface area contributed by atoms with Crippen molar-refractivity contribution in [2.75, 3.05) is 13.2 Å². The summed E-state index contributed by atoms with van der Waals surface area (Å²) < 4.78 is 11.2. The number of ether oxygens (including phenoxy) is 2. The molecule has 1 amide bonds. The Labute approximate surface area is 371 Å². The highest BCUT2D eigenvalue weighted by atomic mass is 16.7. The molecule has 0 aliphatic carbocycles. The highest BCUT2D eigenvalue weighted by Gasteiger charge is 2.44. The number of unbranched alkanes of at least 4 members (excludes halogenated alkanes) is 17. The summed E-state index contributed by atoms with van der Waals surface area (Å²) in [5, 5.41) is 54.2. The Morgan fingerprint density at radius 2 is 1.03 bits per heavy atom. The van der Waals surface area contributed by atoms with Crippen molar-refractivity contribution in [3.63, 3.8) is 0 Å². The molecule has 1 fully saturated rings. The first-order valence-electron chi connectivity index (χ1n) is 24.3. The second-order valence-electron chi connectivity index (χ2n) is 16.5. The molecule has 350 valence electrons. The maximum absolute atomic E-state index is 13.0. The largest absolute Gasteiger partial charge is 0.394 e. The first-order chi connectivity index (χ1) is 29.8. The van der Waals surface area contributed by atoms with Gasteiger partial charge in [0.2, 0.25) is 5.91 Å². The molecule has 0 aromatic heterocycles. The van der Waals surface area contributed by atoms with Crippen molar-refractivity contribution >= 4 is 5.91 Å². The fraction of sp³-hybridized carbons (Fsp3) is 0.712. The molecule has 1 aliphatic rings. The topological polar surface area (TPSA) is 149 Å². The Morgan fingerprint density at radius 3 is 1.57 bits per heavy atom. The zero-order valence-corrected chi connectivity index (χ0v) is 38.4. The molecule has 1 heterocycles. The molecule has 9 heteroatoms. The van der Waals surface area contributed by atoms with E-state index in [1.807, 2.05) is 6.08 Å². The fourth-order valence-corrected chi connectivity index (χ4v) is 7.06. The Bertz CT molecular complexity index is 1220. The van der Waals surface area contributed by atoms with Gasteiger partial charge in [0.1, 0.15) is 24.4 Å². The first kappa shape index (κ1) is 56.4. The minimum Gasteiger partial charge on any atom is -0.394 e. The Kier molecular flexibility index (Phi) is 38.3. The van der Waals surface area contributed by atoms with Crippen LogP contribution < -0.4 is 5.32 Å². The van der Waals surface area contributed by atoms with Gasteiger partial charge in [-0.25, -0.2) is 0 Å². The van der Waals surface area contributed by atoms with Crippen LogP contribution in [-0.4, -0.2) is 87.5 Å². The molecule has 9 nitrogen and oxygen atoms in total. The predicted octanol–water partition coefficient (Wildman–Crippen LogP) is 10.7. The fourth-order valence-electron chi connectivity index (χ4n) is 7.06. The maximum atomic E-state index is 13.0. The van der Waals surface area contributed by atoms with E-state index in [1.54, 1.807) is 6.08 Å². The van der Waals surface area contributed by atoms with Crippen LogP contribution in [0, 0.1) is 0 Å². The maximum Gasteiger partial charge on any atom is 0.220 e. The van der Waals surface area contributed by atoms with Gasteiger partial charge < -0.3 is 40.3 Å². The number of carbonyl (C=O) groups excluding carboxylic acids is 1.